The number of imidazole rings is 1. The van der Waals surface area contributed by atoms with Crippen LogP contribution in [0.15, 0.2) is 71.5 Å². The topological polar surface area (TPSA) is 83.8 Å². The summed E-state index contributed by atoms with van der Waals surface area (Å²) in [4.78, 5) is 20.1. The van der Waals surface area contributed by atoms with E-state index in [4.69, 9.17) is 17.2 Å². The Morgan fingerprint density at radius 2 is 1.79 bits per heavy atom. The van der Waals surface area contributed by atoms with Gasteiger partial charge in [0.25, 0.3) is 0 Å². The van der Waals surface area contributed by atoms with Crippen LogP contribution in [-0.4, -0.2) is 29.1 Å². The van der Waals surface area contributed by atoms with E-state index >= 15 is 0 Å². The molecular formula is C25H20N4O2S2. The quantitative estimate of drug-likeness (QED) is 0.325. The summed E-state index contributed by atoms with van der Waals surface area (Å²) in [6, 6.07) is 21.8. The van der Waals surface area contributed by atoms with Crippen LogP contribution in [0.25, 0.3) is 33.5 Å². The van der Waals surface area contributed by atoms with Crippen LogP contribution in [0.2, 0.25) is 0 Å². The van der Waals surface area contributed by atoms with E-state index < -0.39 is 0 Å². The minimum Gasteiger partial charge on any atom is -0.498 e. The number of fused-ring (bicyclic) bond motifs is 1. The van der Waals surface area contributed by atoms with E-state index in [2.05, 4.69) is 45.1 Å². The molecule has 0 atom stereocenters. The van der Waals surface area contributed by atoms with Crippen molar-refractivity contribution in [3.8, 4) is 22.5 Å². The number of nitrogens with zero attached hydrogens (tertiary/aromatic N) is 3. The summed E-state index contributed by atoms with van der Waals surface area (Å²) in [5, 5.41) is 9.91. The van der Waals surface area contributed by atoms with Crippen molar-refractivity contribution in [2.24, 2.45) is 0 Å². The summed E-state index contributed by atoms with van der Waals surface area (Å²) in [5.74, 6) is 1.52. The number of aliphatic hydroxyl groups is 1. The smallest absolute Gasteiger partial charge is 0.344 e. The average molecular weight is 473 g/mol. The lowest BCUT2D eigenvalue weighted by Crippen LogP contribution is -2.07. The van der Waals surface area contributed by atoms with Crippen LogP contribution in [0.1, 0.15) is 23.9 Å². The molecule has 33 heavy (non-hydrogen) atoms. The molecule has 2 heterocycles. The number of aromatic amines is 1. The highest BCUT2D eigenvalue weighted by molar-refractivity contribution is 7.80. The number of hydrogen-bond donors (Lipinski definition) is 2. The highest BCUT2D eigenvalue weighted by Gasteiger charge is 2.16. The molecule has 0 spiro atoms. The van der Waals surface area contributed by atoms with Gasteiger partial charge in [-0.2, -0.15) is 4.98 Å². The molecule has 0 aliphatic heterocycles. The Labute approximate surface area is 199 Å². The van der Waals surface area contributed by atoms with Crippen LogP contribution < -0.4 is 4.87 Å². The van der Waals surface area contributed by atoms with Gasteiger partial charge in [0, 0.05) is 30.1 Å². The molecular weight excluding hydrogens is 452 g/mol. The number of benzene rings is 3. The molecule has 6 nitrogen and oxygen atoms in total. The van der Waals surface area contributed by atoms with Crippen molar-refractivity contribution in [1.29, 1.82) is 0 Å². The van der Waals surface area contributed by atoms with E-state index in [0.29, 0.717) is 17.9 Å². The molecule has 5 rings (SSSR count). The van der Waals surface area contributed by atoms with Crippen molar-refractivity contribution in [1.82, 2.24) is 18.9 Å². The van der Waals surface area contributed by atoms with Gasteiger partial charge in [-0.25, -0.2) is 4.98 Å². The van der Waals surface area contributed by atoms with E-state index in [-0.39, 0.29) is 9.92 Å². The number of para-hydroxylation sites is 1. The molecule has 0 saturated carbocycles. The number of aryl methyl sites for hydroxylation is 1. The fraction of sp³-hybridized carbons (Fsp3) is 0.120. The fourth-order valence-corrected chi connectivity index (χ4v) is 4.75. The van der Waals surface area contributed by atoms with Gasteiger partial charge in [-0.3, -0.25) is 9.17 Å². The maximum Gasteiger partial charge on any atom is 0.344 e. The first-order chi connectivity index (χ1) is 16.0. The Bertz CT molecular complexity index is 1530. The second kappa shape index (κ2) is 8.73. The zero-order chi connectivity index (χ0) is 22.9. The number of hydrogen-bond acceptors (Lipinski definition) is 5. The lowest BCUT2D eigenvalue weighted by Gasteiger charge is -2.12. The second-order valence-electron chi connectivity index (χ2n) is 7.62. The van der Waals surface area contributed by atoms with E-state index in [1.807, 2.05) is 42.5 Å². The van der Waals surface area contributed by atoms with Gasteiger partial charge in [0.2, 0.25) is 0 Å². The maximum atomic E-state index is 11.6. The predicted molar refractivity (Wildman–Crippen MR) is 136 cm³/mol. The van der Waals surface area contributed by atoms with Crippen LogP contribution in [0.3, 0.4) is 0 Å². The Kier molecular flexibility index (Phi) is 5.62. The molecule has 0 bridgehead atoms. The predicted octanol–water partition coefficient (Wildman–Crippen LogP) is 5.36. The van der Waals surface area contributed by atoms with Crippen molar-refractivity contribution in [2.75, 3.05) is 0 Å². The molecule has 2 N–H and O–H groups in total. The van der Waals surface area contributed by atoms with Gasteiger partial charge in [-0.05, 0) is 41.0 Å². The normalized spacial score (nSPS) is 11.2. The van der Waals surface area contributed by atoms with Crippen molar-refractivity contribution in [3.05, 3.63) is 93.3 Å². The van der Waals surface area contributed by atoms with Gasteiger partial charge in [0.1, 0.15) is 5.82 Å². The number of thiocarbonyl (C=S) groups is 1. The highest BCUT2D eigenvalue weighted by atomic mass is 32.1. The second-order valence-corrected chi connectivity index (χ2v) is 8.76. The summed E-state index contributed by atoms with van der Waals surface area (Å²) < 4.78 is 5.12. The molecule has 5 aromatic rings. The molecule has 0 fully saturated rings. The Morgan fingerprint density at radius 3 is 2.45 bits per heavy atom. The van der Waals surface area contributed by atoms with Crippen LogP contribution in [-0.2, 0) is 13.0 Å². The van der Waals surface area contributed by atoms with Crippen LogP contribution in [0.4, 0.5) is 0 Å². The third-order valence-corrected chi connectivity index (χ3v) is 6.40. The van der Waals surface area contributed by atoms with Crippen LogP contribution >= 0.6 is 23.8 Å². The molecule has 0 saturated heterocycles. The Hall–Kier alpha value is -3.62. The van der Waals surface area contributed by atoms with Gasteiger partial charge in [-0.15, -0.1) is 0 Å². The van der Waals surface area contributed by atoms with Crippen molar-refractivity contribution in [2.45, 2.75) is 19.9 Å². The lowest BCUT2D eigenvalue weighted by atomic mass is 9.98. The number of aromatic nitrogens is 4. The molecule has 0 radical (unpaired) electrons. The fourth-order valence-electron chi connectivity index (χ4n) is 4.10. The monoisotopic (exact) mass is 472 g/mol. The largest absolute Gasteiger partial charge is 0.498 e. The molecule has 0 amide bonds. The first-order valence-corrected chi connectivity index (χ1v) is 11.7. The van der Waals surface area contributed by atoms with Crippen molar-refractivity contribution < 1.29 is 5.11 Å². The highest BCUT2D eigenvalue weighted by Crippen LogP contribution is 2.30. The van der Waals surface area contributed by atoms with Gasteiger partial charge in [-0.1, -0.05) is 61.5 Å². The number of H-pyrrole nitrogens is 1. The zero-order valence-corrected chi connectivity index (χ0v) is 19.4. The molecule has 164 valence electrons. The molecule has 0 unspecified atom stereocenters. The molecule has 2 aromatic heterocycles. The van der Waals surface area contributed by atoms with E-state index in [1.165, 1.54) is 0 Å². The summed E-state index contributed by atoms with van der Waals surface area (Å²) in [5.41, 5.74) is 6.32. The number of nitrogens with one attached hydrogen (secondary N) is 1. The minimum absolute atomic E-state index is 0.128. The third kappa shape index (κ3) is 3.99. The van der Waals surface area contributed by atoms with E-state index in [9.17, 15) is 9.90 Å². The Balaban J connectivity index is 1.52. The first kappa shape index (κ1) is 21.2. The van der Waals surface area contributed by atoms with Crippen LogP contribution in [0.5, 0.6) is 0 Å². The maximum absolute atomic E-state index is 11.6. The molecule has 0 aliphatic rings. The summed E-state index contributed by atoms with van der Waals surface area (Å²) in [6.07, 6.45) is 0.767. The minimum atomic E-state index is -0.240. The Morgan fingerprint density at radius 1 is 1.03 bits per heavy atom. The van der Waals surface area contributed by atoms with E-state index in [0.717, 1.165) is 57.1 Å². The van der Waals surface area contributed by atoms with Crippen molar-refractivity contribution in [3.63, 3.8) is 0 Å². The first-order valence-electron chi connectivity index (χ1n) is 10.5. The summed E-state index contributed by atoms with van der Waals surface area (Å²) in [7, 11) is 0. The SMILES string of the molecule is CCc1nc2cccc(C(O)=S)c2n1Cc1ccc(-c2ccccc2-c2nc(=O)s[nH]2)cc1. The summed E-state index contributed by atoms with van der Waals surface area (Å²) >= 11 is 6.06. The van der Waals surface area contributed by atoms with Gasteiger partial charge in [0.15, 0.2) is 10.9 Å². The van der Waals surface area contributed by atoms with Crippen molar-refractivity contribution >= 4 is 39.8 Å². The van der Waals surface area contributed by atoms with Crippen LogP contribution in [0, 0.1) is 0 Å². The van der Waals surface area contributed by atoms with Gasteiger partial charge in [0.05, 0.1) is 16.6 Å². The van der Waals surface area contributed by atoms with E-state index in [1.54, 1.807) is 0 Å². The van der Waals surface area contributed by atoms with Gasteiger partial charge < -0.3 is 9.67 Å². The lowest BCUT2D eigenvalue weighted by molar-refractivity contribution is 0.571. The summed E-state index contributed by atoms with van der Waals surface area (Å²) in [6.45, 7) is 2.68. The molecule has 3 aromatic carbocycles. The molecule has 0 aliphatic carbocycles. The zero-order valence-electron chi connectivity index (χ0n) is 17.8. The standard InChI is InChI=1S/C25H20N4O2S2/c1-2-21-26-20-9-5-8-19(24(30)32)22(20)29(21)14-15-10-12-16(13-11-15)17-6-3-4-7-18(17)23-27-25(31)33-28-23/h3-13H,2,14H2,1H3,(H,30,32)(H,27,28,31). The number of aliphatic hydroxyl groups excluding tert-OH is 1. The average Bonchev–Trinajstić information content (AvgIpc) is 3.43. The third-order valence-electron chi connectivity index (χ3n) is 5.62. The van der Waals surface area contributed by atoms with Gasteiger partial charge >= 0.3 is 4.87 Å². The molecule has 8 heteroatoms. The number of rotatable bonds is 6.